The summed E-state index contributed by atoms with van der Waals surface area (Å²) in [5.74, 6) is -0.0404. The number of nitrogens with zero attached hydrogens (tertiary/aromatic N) is 2. The zero-order valence-electron chi connectivity index (χ0n) is 14.2. The summed E-state index contributed by atoms with van der Waals surface area (Å²) in [6, 6.07) is 7.66. The molecular formula is C19H25IN2O. The quantitative estimate of drug-likeness (QED) is 0.446. The van der Waals surface area contributed by atoms with Gasteiger partial charge in [-0.25, -0.2) is 4.68 Å². The normalized spacial score (nSPS) is 11.0. The number of hydrogen-bond acceptors (Lipinski definition) is 2. The number of carbonyl (C=O) groups is 1. The summed E-state index contributed by atoms with van der Waals surface area (Å²) in [6.45, 7) is 6.24. The molecule has 0 fully saturated rings. The molecule has 2 rings (SSSR count). The highest BCUT2D eigenvalue weighted by molar-refractivity contribution is 14.1. The lowest BCUT2D eigenvalue weighted by Crippen LogP contribution is -2.15. The molecule has 0 saturated heterocycles. The molecule has 124 valence electrons. The van der Waals surface area contributed by atoms with Crippen molar-refractivity contribution in [1.29, 1.82) is 0 Å². The summed E-state index contributed by atoms with van der Waals surface area (Å²) < 4.78 is 2.63. The molecule has 0 bridgehead atoms. The summed E-state index contributed by atoms with van der Waals surface area (Å²) in [5, 5.41) is 4.50. The van der Waals surface area contributed by atoms with E-state index in [0.29, 0.717) is 5.56 Å². The topological polar surface area (TPSA) is 34.9 Å². The largest absolute Gasteiger partial charge is 0.278 e. The van der Waals surface area contributed by atoms with Crippen LogP contribution in [0.5, 0.6) is 0 Å². The molecule has 1 heterocycles. The minimum Gasteiger partial charge on any atom is -0.267 e. The van der Waals surface area contributed by atoms with Gasteiger partial charge in [0.1, 0.15) is 0 Å². The Balaban J connectivity index is 2.12. The van der Waals surface area contributed by atoms with Gasteiger partial charge in [-0.3, -0.25) is 4.79 Å². The molecule has 0 amide bonds. The molecule has 3 nitrogen and oxygen atoms in total. The zero-order chi connectivity index (χ0) is 16.8. The number of benzene rings is 1. The summed E-state index contributed by atoms with van der Waals surface area (Å²) in [6.07, 6.45) is 7.31. The number of aromatic nitrogens is 2. The maximum Gasteiger partial charge on any atom is 0.278 e. The number of hydrogen-bond donors (Lipinski definition) is 0. The second kappa shape index (κ2) is 8.62. The first kappa shape index (κ1) is 18.2. The average Bonchev–Trinajstić information content (AvgIpc) is 2.81. The summed E-state index contributed by atoms with van der Waals surface area (Å²) in [4.78, 5) is 12.7. The van der Waals surface area contributed by atoms with Crippen molar-refractivity contribution in [3.8, 4) is 0 Å². The number of halogens is 1. The first-order valence-corrected chi connectivity index (χ1v) is 9.47. The van der Waals surface area contributed by atoms with Crippen molar-refractivity contribution in [2.75, 3.05) is 0 Å². The van der Waals surface area contributed by atoms with Gasteiger partial charge in [-0.15, -0.1) is 0 Å². The van der Waals surface area contributed by atoms with Gasteiger partial charge in [0.25, 0.3) is 5.91 Å². The molecule has 0 spiro atoms. The summed E-state index contributed by atoms with van der Waals surface area (Å²) in [5.41, 5.74) is 3.90. The van der Waals surface area contributed by atoms with Gasteiger partial charge in [0, 0.05) is 14.8 Å². The molecule has 0 N–H and O–H groups in total. The van der Waals surface area contributed by atoms with Crippen LogP contribution in [-0.2, 0) is 6.42 Å². The molecular weight excluding hydrogens is 399 g/mol. The smallest absolute Gasteiger partial charge is 0.267 e. The predicted octanol–water partition coefficient (Wildman–Crippen LogP) is 5.31. The van der Waals surface area contributed by atoms with Crippen LogP contribution in [0.3, 0.4) is 0 Å². The standard InChI is InChI=1S/C19H25IN2O/c1-4-5-6-7-8-12-18-14(2)21-22(15(18)3)19(23)16-10-9-11-17(20)13-16/h9-11,13H,4-8,12H2,1-3H3. The highest BCUT2D eigenvalue weighted by atomic mass is 127. The van der Waals surface area contributed by atoms with E-state index in [4.69, 9.17) is 0 Å². The van der Waals surface area contributed by atoms with E-state index in [1.165, 1.54) is 37.7 Å². The lowest BCUT2D eigenvalue weighted by molar-refractivity contribution is 0.0942. The van der Waals surface area contributed by atoms with Gasteiger partial charge in [-0.2, -0.15) is 5.10 Å². The second-order valence-corrected chi connectivity index (χ2v) is 7.29. The van der Waals surface area contributed by atoms with Crippen LogP contribution in [0.4, 0.5) is 0 Å². The average molecular weight is 424 g/mol. The Morgan fingerprint density at radius 1 is 1.17 bits per heavy atom. The summed E-state index contributed by atoms with van der Waals surface area (Å²) >= 11 is 2.23. The van der Waals surface area contributed by atoms with Crippen LogP contribution in [0.1, 0.15) is 66.3 Å². The maximum atomic E-state index is 12.7. The van der Waals surface area contributed by atoms with Crippen molar-refractivity contribution in [2.24, 2.45) is 0 Å². The number of carbonyl (C=O) groups excluding carboxylic acids is 1. The van der Waals surface area contributed by atoms with Crippen molar-refractivity contribution >= 4 is 28.5 Å². The Morgan fingerprint density at radius 3 is 2.61 bits per heavy atom. The fraction of sp³-hybridized carbons (Fsp3) is 0.474. The van der Waals surface area contributed by atoms with Crippen LogP contribution in [-0.4, -0.2) is 15.7 Å². The molecule has 0 saturated carbocycles. The Labute approximate surface area is 152 Å². The second-order valence-electron chi connectivity index (χ2n) is 6.04. The van der Waals surface area contributed by atoms with E-state index in [-0.39, 0.29) is 5.91 Å². The van der Waals surface area contributed by atoms with Crippen LogP contribution in [0.25, 0.3) is 0 Å². The lowest BCUT2D eigenvalue weighted by atomic mass is 10.0. The minimum atomic E-state index is -0.0404. The van der Waals surface area contributed by atoms with Crippen molar-refractivity contribution < 1.29 is 4.79 Å². The molecule has 0 aliphatic heterocycles. The third-order valence-electron chi connectivity index (χ3n) is 4.24. The molecule has 23 heavy (non-hydrogen) atoms. The molecule has 0 aliphatic carbocycles. The van der Waals surface area contributed by atoms with Gasteiger partial charge >= 0.3 is 0 Å². The van der Waals surface area contributed by atoms with Crippen molar-refractivity contribution in [3.63, 3.8) is 0 Å². The van der Waals surface area contributed by atoms with E-state index >= 15 is 0 Å². The van der Waals surface area contributed by atoms with Crippen LogP contribution >= 0.6 is 22.6 Å². The number of rotatable bonds is 7. The van der Waals surface area contributed by atoms with Crippen LogP contribution in [0, 0.1) is 17.4 Å². The van der Waals surface area contributed by atoms with Crippen LogP contribution in [0.2, 0.25) is 0 Å². The van der Waals surface area contributed by atoms with Crippen molar-refractivity contribution in [1.82, 2.24) is 9.78 Å². The van der Waals surface area contributed by atoms with E-state index in [9.17, 15) is 4.79 Å². The van der Waals surface area contributed by atoms with Gasteiger partial charge in [0.05, 0.1) is 5.69 Å². The highest BCUT2D eigenvalue weighted by Gasteiger charge is 2.17. The van der Waals surface area contributed by atoms with Crippen molar-refractivity contribution in [2.45, 2.75) is 59.3 Å². The molecule has 0 radical (unpaired) electrons. The molecule has 1 aromatic carbocycles. The Bertz CT molecular complexity index is 676. The highest BCUT2D eigenvalue weighted by Crippen LogP contribution is 2.19. The fourth-order valence-corrected chi connectivity index (χ4v) is 3.43. The van der Waals surface area contributed by atoms with Gasteiger partial charge in [0.15, 0.2) is 0 Å². The van der Waals surface area contributed by atoms with Gasteiger partial charge < -0.3 is 0 Å². The number of unbranched alkanes of at least 4 members (excludes halogenated alkanes) is 4. The predicted molar refractivity (Wildman–Crippen MR) is 103 cm³/mol. The van der Waals surface area contributed by atoms with E-state index in [1.54, 1.807) is 4.68 Å². The van der Waals surface area contributed by atoms with Gasteiger partial charge in [-0.05, 0) is 73.0 Å². The third-order valence-corrected chi connectivity index (χ3v) is 4.91. The molecule has 0 atom stereocenters. The maximum absolute atomic E-state index is 12.7. The summed E-state index contributed by atoms with van der Waals surface area (Å²) in [7, 11) is 0. The molecule has 1 aromatic heterocycles. The lowest BCUT2D eigenvalue weighted by Gasteiger charge is -2.05. The molecule has 4 heteroatoms. The van der Waals surface area contributed by atoms with E-state index in [2.05, 4.69) is 34.6 Å². The van der Waals surface area contributed by atoms with Gasteiger partial charge in [0.2, 0.25) is 0 Å². The van der Waals surface area contributed by atoms with Gasteiger partial charge in [-0.1, -0.05) is 38.7 Å². The minimum absolute atomic E-state index is 0.0404. The molecule has 0 unspecified atom stereocenters. The Hall–Kier alpha value is -1.17. The first-order valence-electron chi connectivity index (χ1n) is 8.40. The Kier molecular flexibility index (Phi) is 6.81. The first-order chi connectivity index (χ1) is 11.0. The fourth-order valence-electron chi connectivity index (χ4n) is 2.88. The van der Waals surface area contributed by atoms with E-state index in [1.807, 2.05) is 38.1 Å². The van der Waals surface area contributed by atoms with E-state index < -0.39 is 0 Å². The Morgan fingerprint density at radius 2 is 1.91 bits per heavy atom. The molecule has 2 aromatic rings. The number of aryl methyl sites for hydroxylation is 1. The third kappa shape index (κ3) is 4.66. The SMILES string of the molecule is CCCCCCCc1c(C)nn(C(=O)c2cccc(I)c2)c1C. The van der Waals surface area contributed by atoms with Crippen LogP contribution < -0.4 is 0 Å². The zero-order valence-corrected chi connectivity index (χ0v) is 16.4. The van der Waals surface area contributed by atoms with Crippen molar-refractivity contribution in [3.05, 3.63) is 50.4 Å². The van der Waals surface area contributed by atoms with E-state index in [0.717, 1.165) is 21.4 Å². The monoisotopic (exact) mass is 424 g/mol. The van der Waals surface area contributed by atoms with Crippen LogP contribution in [0.15, 0.2) is 24.3 Å². The molecule has 0 aliphatic rings.